The Hall–Kier alpha value is -2.08. The van der Waals surface area contributed by atoms with Gasteiger partial charge >= 0.3 is 6.03 Å². The lowest BCUT2D eigenvalue weighted by Gasteiger charge is -2.42. The second-order valence-corrected chi connectivity index (χ2v) is 7.46. The summed E-state index contributed by atoms with van der Waals surface area (Å²) in [6, 6.07) is 7.93. The van der Waals surface area contributed by atoms with E-state index in [1.807, 2.05) is 34.1 Å². The van der Waals surface area contributed by atoms with Crippen LogP contribution in [0.3, 0.4) is 0 Å². The lowest BCUT2D eigenvalue weighted by molar-refractivity contribution is -0.130. The van der Waals surface area contributed by atoms with Gasteiger partial charge in [-0.2, -0.15) is 0 Å². The molecule has 6 nitrogen and oxygen atoms in total. The summed E-state index contributed by atoms with van der Waals surface area (Å²) < 4.78 is 5.77. The van der Waals surface area contributed by atoms with Crippen LogP contribution in [0.4, 0.5) is 10.5 Å². The van der Waals surface area contributed by atoms with E-state index in [2.05, 4.69) is 12.2 Å². The topological polar surface area (TPSA) is 61.9 Å². The predicted octanol–water partition coefficient (Wildman–Crippen LogP) is 2.74. The van der Waals surface area contributed by atoms with Gasteiger partial charge in [-0.3, -0.25) is 4.79 Å². The van der Waals surface area contributed by atoms with Gasteiger partial charge in [-0.05, 0) is 37.0 Å². The molecule has 0 unspecified atom stereocenters. The molecule has 1 N–H and O–H groups in total. The quantitative estimate of drug-likeness (QED) is 0.883. The van der Waals surface area contributed by atoms with E-state index < -0.39 is 0 Å². The highest BCUT2D eigenvalue weighted by atomic mass is 16.5. The van der Waals surface area contributed by atoms with Crippen LogP contribution in [-0.2, 0) is 16.0 Å². The van der Waals surface area contributed by atoms with Crippen molar-refractivity contribution < 1.29 is 14.3 Å². The third-order valence-electron chi connectivity index (χ3n) is 5.61. The molecule has 1 aromatic rings. The minimum atomic E-state index is -0.0536. The number of carbonyl (C=O) groups excluding carboxylic acids is 2. The maximum atomic E-state index is 12.6. The largest absolute Gasteiger partial charge is 0.379 e. The average molecular weight is 359 g/mol. The number of carbonyl (C=O) groups is 2. The van der Waals surface area contributed by atoms with E-state index in [0.717, 1.165) is 31.5 Å². The SMILES string of the molecule is CCc1ccc(NC(=O)N2CCC3(CC2)COCCN(C(C)=O)C3)cc1. The molecule has 0 atom stereocenters. The number of urea groups is 1. The Balaban J connectivity index is 1.56. The molecule has 3 amide bonds. The van der Waals surface area contributed by atoms with Crippen LogP contribution in [0.1, 0.15) is 32.3 Å². The second-order valence-electron chi connectivity index (χ2n) is 7.46. The van der Waals surface area contributed by atoms with Crippen LogP contribution >= 0.6 is 0 Å². The molecule has 1 spiro atoms. The summed E-state index contributed by atoms with van der Waals surface area (Å²) in [6.45, 7) is 7.77. The van der Waals surface area contributed by atoms with Crippen molar-refractivity contribution in [1.82, 2.24) is 9.80 Å². The molecule has 0 bridgehead atoms. The summed E-state index contributed by atoms with van der Waals surface area (Å²) >= 11 is 0. The molecule has 1 aromatic carbocycles. The fourth-order valence-corrected chi connectivity index (χ4v) is 3.77. The molecule has 2 heterocycles. The first kappa shape index (κ1) is 18.7. The molecular formula is C20H29N3O3. The van der Waals surface area contributed by atoms with Gasteiger partial charge in [0.25, 0.3) is 0 Å². The highest BCUT2D eigenvalue weighted by Crippen LogP contribution is 2.34. The number of likely N-dealkylation sites (tertiary alicyclic amines) is 1. The van der Waals surface area contributed by atoms with Gasteiger partial charge in [0, 0.05) is 44.2 Å². The zero-order valence-corrected chi connectivity index (χ0v) is 15.8. The van der Waals surface area contributed by atoms with Crippen LogP contribution in [0.25, 0.3) is 0 Å². The van der Waals surface area contributed by atoms with Crippen LogP contribution in [0.2, 0.25) is 0 Å². The van der Waals surface area contributed by atoms with Crippen molar-refractivity contribution >= 4 is 17.6 Å². The molecule has 0 aromatic heterocycles. The van der Waals surface area contributed by atoms with E-state index in [1.54, 1.807) is 6.92 Å². The van der Waals surface area contributed by atoms with Crippen LogP contribution < -0.4 is 5.32 Å². The van der Waals surface area contributed by atoms with E-state index in [9.17, 15) is 9.59 Å². The normalized spacial score (nSPS) is 19.9. The van der Waals surface area contributed by atoms with Crippen LogP contribution in [0.15, 0.2) is 24.3 Å². The van der Waals surface area contributed by atoms with Crippen LogP contribution in [0, 0.1) is 5.41 Å². The lowest BCUT2D eigenvalue weighted by Crippen LogP contribution is -2.50. The number of hydrogen-bond acceptors (Lipinski definition) is 3. The number of hydrogen-bond donors (Lipinski definition) is 1. The van der Waals surface area contributed by atoms with Crippen molar-refractivity contribution in [2.45, 2.75) is 33.1 Å². The fourth-order valence-electron chi connectivity index (χ4n) is 3.77. The molecule has 2 saturated heterocycles. The minimum Gasteiger partial charge on any atom is -0.379 e. The lowest BCUT2D eigenvalue weighted by atomic mass is 9.78. The Morgan fingerprint density at radius 1 is 1.12 bits per heavy atom. The van der Waals surface area contributed by atoms with Crippen LogP contribution in [-0.4, -0.2) is 61.1 Å². The van der Waals surface area contributed by atoms with Gasteiger partial charge in [-0.25, -0.2) is 4.79 Å². The number of aryl methyl sites for hydroxylation is 1. The van der Waals surface area contributed by atoms with Crippen molar-refractivity contribution in [2.75, 3.05) is 44.7 Å². The van der Waals surface area contributed by atoms with Crippen molar-refractivity contribution in [2.24, 2.45) is 5.41 Å². The second kappa shape index (κ2) is 8.08. The first-order valence-electron chi connectivity index (χ1n) is 9.49. The molecule has 26 heavy (non-hydrogen) atoms. The monoisotopic (exact) mass is 359 g/mol. The Morgan fingerprint density at radius 3 is 2.42 bits per heavy atom. The fraction of sp³-hybridized carbons (Fsp3) is 0.600. The summed E-state index contributed by atoms with van der Waals surface area (Å²) in [7, 11) is 0. The molecule has 2 fully saturated rings. The van der Waals surface area contributed by atoms with Crippen molar-refractivity contribution in [1.29, 1.82) is 0 Å². The zero-order chi connectivity index (χ0) is 18.6. The molecule has 2 aliphatic rings. The number of ether oxygens (including phenoxy) is 1. The van der Waals surface area contributed by atoms with Gasteiger partial charge < -0.3 is 19.9 Å². The van der Waals surface area contributed by atoms with Crippen molar-refractivity contribution in [3.8, 4) is 0 Å². The third kappa shape index (κ3) is 4.36. The minimum absolute atomic E-state index is 0.0261. The molecule has 0 saturated carbocycles. The third-order valence-corrected chi connectivity index (χ3v) is 5.61. The molecular weight excluding hydrogens is 330 g/mol. The summed E-state index contributed by atoms with van der Waals surface area (Å²) in [5.41, 5.74) is 2.06. The van der Waals surface area contributed by atoms with E-state index in [4.69, 9.17) is 4.74 Å². The molecule has 6 heteroatoms. The summed E-state index contributed by atoms with van der Waals surface area (Å²) in [5.74, 6) is 0.102. The van der Waals surface area contributed by atoms with Gasteiger partial charge in [0.2, 0.25) is 5.91 Å². The van der Waals surface area contributed by atoms with Gasteiger partial charge in [0.05, 0.1) is 13.2 Å². The summed E-state index contributed by atoms with van der Waals surface area (Å²) in [5, 5.41) is 2.98. The first-order chi connectivity index (χ1) is 12.5. The Bertz CT molecular complexity index is 636. The zero-order valence-electron chi connectivity index (χ0n) is 15.8. The number of anilines is 1. The molecule has 2 aliphatic heterocycles. The number of nitrogens with one attached hydrogen (secondary N) is 1. The first-order valence-corrected chi connectivity index (χ1v) is 9.49. The maximum absolute atomic E-state index is 12.6. The Morgan fingerprint density at radius 2 is 1.81 bits per heavy atom. The highest BCUT2D eigenvalue weighted by Gasteiger charge is 2.39. The van der Waals surface area contributed by atoms with Crippen molar-refractivity contribution in [3.63, 3.8) is 0 Å². The van der Waals surface area contributed by atoms with E-state index >= 15 is 0 Å². The van der Waals surface area contributed by atoms with Crippen LogP contribution in [0.5, 0.6) is 0 Å². The number of nitrogens with zero attached hydrogens (tertiary/aromatic N) is 2. The standard InChI is InChI=1S/C20H29N3O3/c1-3-17-4-6-18(7-5-17)21-19(25)22-10-8-20(9-11-22)14-23(16(2)24)12-13-26-15-20/h4-7H,3,8-15H2,1-2H3,(H,21,25). The smallest absolute Gasteiger partial charge is 0.321 e. The average Bonchev–Trinajstić information content (AvgIpc) is 2.86. The number of rotatable bonds is 2. The highest BCUT2D eigenvalue weighted by molar-refractivity contribution is 5.89. The number of benzene rings is 1. The Kier molecular flexibility index (Phi) is 5.81. The predicted molar refractivity (Wildman–Crippen MR) is 101 cm³/mol. The summed E-state index contributed by atoms with van der Waals surface area (Å²) in [6.07, 6.45) is 2.71. The molecule has 0 aliphatic carbocycles. The van der Waals surface area contributed by atoms with Gasteiger partial charge in [0.15, 0.2) is 0 Å². The summed E-state index contributed by atoms with van der Waals surface area (Å²) in [4.78, 5) is 28.1. The van der Waals surface area contributed by atoms with Gasteiger partial charge in [0.1, 0.15) is 0 Å². The Labute approximate surface area is 155 Å². The number of amides is 3. The maximum Gasteiger partial charge on any atom is 0.321 e. The van der Waals surface area contributed by atoms with E-state index in [1.165, 1.54) is 5.56 Å². The number of piperidine rings is 1. The molecule has 142 valence electrons. The molecule has 3 rings (SSSR count). The van der Waals surface area contributed by atoms with Crippen molar-refractivity contribution in [3.05, 3.63) is 29.8 Å². The van der Waals surface area contributed by atoms with Gasteiger partial charge in [-0.15, -0.1) is 0 Å². The van der Waals surface area contributed by atoms with E-state index in [0.29, 0.717) is 32.8 Å². The molecule has 0 radical (unpaired) electrons. The van der Waals surface area contributed by atoms with Gasteiger partial charge in [-0.1, -0.05) is 19.1 Å². The van der Waals surface area contributed by atoms with E-state index in [-0.39, 0.29) is 17.4 Å².